The third kappa shape index (κ3) is 3.22. The zero-order valence-electron chi connectivity index (χ0n) is 12.8. The van der Waals surface area contributed by atoms with E-state index in [4.69, 9.17) is 18.0 Å². The number of thiocarbonyl (C=S) groups is 1. The molecule has 0 saturated heterocycles. The number of benzene rings is 2. The molecule has 0 atom stereocenters. The van der Waals surface area contributed by atoms with E-state index in [0.29, 0.717) is 4.99 Å². The van der Waals surface area contributed by atoms with Crippen LogP contribution in [0.1, 0.15) is 16.7 Å². The maximum absolute atomic E-state index is 5.96. The topological polar surface area (TPSA) is 29.3 Å². The Labute approximate surface area is 136 Å². The number of nitrogens with two attached hydrogens (primary N) is 1. The Bertz CT molecular complexity index is 680. The van der Waals surface area contributed by atoms with E-state index in [0.717, 1.165) is 21.8 Å². The molecule has 2 aromatic rings. The van der Waals surface area contributed by atoms with Crippen molar-refractivity contribution >= 4 is 40.3 Å². The van der Waals surface area contributed by atoms with Crippen molar-refractivity contribution in [2.75, 3.05) is 18.2 Å². The second-order valence-electron chi connectivity index (χ2n) is 5.07. The van der Waals surface area contributed by atoms with Gasteiger partial charge in [-0.15, -0.1) is 11.8 Å². The van der Waals surface area contributed by atoms with Crippen LogP contribution >= 0.6 is 24.0 Å². The lowest BCUT2D eigenvalue weighted by Gasteiger charge is -2.25. The van der Waals surface area contributed by atoms with E-state index in [9.17, 15) is 0 Å². The van der Waals surface area contributed by atoms with Crippen molar-refractivity contribution in [2.45, 2.75) is 18.7 Å². The zero-order chi connectivity index (χ0) is 15.6. The van der Waals surface area contributed by atoms with Crippen molar-refractivity contribution in [3.8, 4) is 0 Å². The van der Waals surface area contributed by atoms with E-state index in [2.05, 4.69) is 56.1 Å². The first kappa shape index (κ1) is 15.9. The highest BCUT2D eigenvalue weighted by molar-refractivity contribution is 7.98. The van der Waals surface area contributed by atoms with Crippen LogP contribution in [0.25, 0.3) is 0 Å². The van der Waals surface area contributed by atoms with Gasteiger partial charge in [-0.2, -0.15) is 0 Å². The lowest BCUT2D eigenvalue weighted by Crippen LogP contribution is -2.19. The molecular formula is C17H20N2S2. The van der Waals surface area contributed by atoms with Crippen LogP contribution in [-0.2, 0) is 0 Å². The van der Waals surface area contributed by atoms with Gasteiger partial charge in [0.1, 0.15) is 4.99 Å². The Morgan fingerprint density at radius 3 is 2.43 bits per heavy atom. The minimum atomic E-state index is 0.437. The summed E-state index contributed by atoms with van der Waals surface area (Å²) in [5.41, 5.74) is 11.6. The molecule has 0 aliphatic rings. The van der Waals surface area contributed by atoms with Crippen molar-refractivity contribution in [3.05, 3.63) is 53.1 Å². The van der Waals surface area contributed by atoms with Crippen LogP contribution in [-0.4, -0.2) is 18.3 Å². The fraction of sp³-hybridized carbons (Fsp3) is 0.235. The standard InChI is InChI=1S/C17H20N2S2/c1-11-8-9-13(12(2)10-11)19(3)14-6-5-7-15(21-4)16(14)17(18)20/h5-10H,1-4H3,(H2,18,20). The summed E-state index contributed by atoms with van der Waals surface area (Å²) in [5, 5.41) is 0. The van der Waals surface area contributed by atoms with E-state index in [1.165, 1.54) is 11.1 Å². The molecule has 0 bridgehead atoms. The van der Waals surface area contributed by atoms with E-state index in [1.807, 2.05) is 12.3 Å². The summed E-state index contributed by atoms with van der Waals surface area (Å²) in [6, 6.07) is 12.6. The normalized spacial score (nSPS) is 10.5. The number of nitrogens with zero attached hydrogens (tertiary/aromatic N) is 1. The molecule has 2 rings (SSSR count). The Morgan fingerprint density at radius 2 is 1.86 bits per heavy atom. The smallest absolute Gasteiger partial charge is 0.107 e. The number of rotatable bonds is 4. The largest absolute Gasteiger partial charge is 0.389 e. The lowest BCUT2D eigenvalue weighted by molar-refractivity contribution is 1.16. The minimum absolute atomic E-state index is 0.437. The summed E-state index contributed by atoms with van der Waals surface area (Å²) < 4.78 is 0. The van der Waals surface area contributed by atoms with E-state index >= 15 is 0 Å². The third-order valence-corrected chi connectivity index (χ3v) is 4.53. The van der Waals surface area contributed by atoms with Crippen molar-refractivity contribution in [1.82, 2.24) is 0 Å². The molecule has 21 heavy (non-hydrogen) atoms. The summed E-state index contributed by atoms with van der Waals surface area (Å²) in [6.07, 6.45) is 2.04. The van der Waals surface area contributed by atoms with Crippen LogP contribution in [0.15, 0.2) is 41.3 Å². The van der Waals surface area contributed by atoms with Crippen LogP contribution in [0, 0.1) is 13.8 Å². The molecule has 2 aromatic carbocycles. The first-order valence-electron chi connectivity index (χ1n) is 6.73. The summed E-state index contributed by atoms with van der Waals surface area (Å²) in [7, 11) is 2.05. The first-order valence-corrected chi connectivity index (χ1v) is 8.36. The second kappa shape index (κ2) is 6.50. The van der Waals surface area contributed by atoms with E-state index in [1.54, 1.807) is 11.8 Å². The Morgan fingerprint density at radius 1 is 1.14 bits per heavy atom. The molecule has 0 aromatic heterocycles. The molecular weight excluding hydrogens is 296 g/mol. The van der Waals surface area contributed by atoms with Crippen LogP contribution in [0.5, 0.6) is 0 Å². The highest BCUT2D eigenvalue weighted by Gasteiger charge is 2.16. The van der Waals surface area contributed by atoms with Gasteiger partial charge in [0.2, 0.25) is 0 Å². The summed E-state index contributed by atoms with van der Waals surface area (Å²) in [4.78, 5) is 3.70. The van der Waals surface area contributed by atoms with Crippen LogP contribution in [0.4, 0.5) is 11.4 Å². The van der Waals surface area contributed by atoms with Crippen molar-refractivity contribution in [2.24, 2.45) is 5.73 Å². The molecule has 0 aliphatic heterocycles. The maximum atomic E-state index is 5.96. The fourth-order valence-corrected chi connectivity index (χ4v) is 3.44. The van der Waals surface area contributed by atoms with Crippen LogP contribution < -0.4 is 10.6 Å². The fourth-order valence-electron chi connectivity index (χ4n) is 2.53. The molecule has 2 N–H and O–H groups in total. The highest BCUT2D eigenvalue weighted by Crippen LogP contribution is 2.34. The Balaban J connectivity index is 2.58. The molecule has 2 nitrogen and oxygen atoms in total. The van der Waals surface area contributed by atoms with Gasteiger partial charge in [0.25, 0.3) is 0 Å². The quantitative estimate of drug-likeness (QED) is 0.667. The third-order valence-electron chi connectivity index (χ3n) is 3.55. The number of anilines is 2. The molecule has 0 fully saturated rings. The molecule has 0 unspecified atom stereocenters. The van der Waals surface area contributed by atoms with Gasteiger partial charge in [0.15, 0.2) is 0 Å². The van der Waals surface area contributed by atoms with Crippen LogP contribution in [0.2, 0.25) is 0 Å². The molecule has 4 heteroatoms. The van der Waals surface area contributed by atoms with Crippen molar-refractivity contribution in [1.29, 1.82) is 0 Å². The number of hydrogen-bond acceptors (Lipinski definition) is 3. The number of aryl methyl sites for hydroxylation is 2. The van der Waals surface area contributed by atoms with Crippen LogP contribution in [0.3, 0.4) is 0 Å². The molecule has 0 spiro atoms. The Hall–Kier alpha value is -1.52. The SMILES string of the molecule is CSc1cccc(N(C)c2ccc(C)cc2C)c1C(N)=S. The van der Waals surface area contributed by atoms with Gasteiger partial charge in [-0.25, -0.2) is 0 Å². The molecule has 0 radical (unpaired) electrons. The number of hydrogen-bond donors (Lipinski definition) is 1. The molecule has 0 amide bonds. The van der Waals surface area contributed by atoms with E-state index in [-0.39, 0.29) is 0 Å². The average molecular weight is 316 g/mol. The van der Waals surface area contributed by atoms with Crippen molar-refractivity contribution < 1.29 is 0 Å². The van der Waals surface area contributed by atoms with Gasteiger partial charge in [0.05, 0.1) is 5.69 Å². The van der Waals surface area contributed by atoms with Gasteiger partial charge in [-0.1, -0.05) is 36.0 Å². The summed E-state index contributed by atoms with van der Waals surface area (Å²) in [5.74, 6) is 0. The highest BCUT2D eigenvalue weighted by atomic mass is 32.2. The summed E-state index contributed by atoms with van der Waals surface area (Å²) >= 11 is 6.93. The van der Waals surface area contributed by atoms with Gasteiger partial charge in [-0.3, -0.25) is 0 Å². The predicted molar refractivity (Wildman–Crippen MR) is 98.1 cm³/mol. The van der Waals surface area contributed by atoms with Gasteiger partial charge < -0.3 is 10.6 Å². The van der Waals surface area contributed by atoms with E-state index < -0.39 is 0 Å². The Kier molecular flexibility index (Phi) is 4.91. The maximum Gasteiger partial charge on any atom is 0.107 e. The second-order valence-corrected chi connectivity index (χ2v) is 6.36. The first-order chi connectivity index (χ1) is 9.95. The van der Waals surface area contributed by atoms with Crippen molar-refractivity contribution in [3.63, 3.8) is 0 Å². The predicted octanol–water partition coefficient (Wildman–Crippen LogP) is 4.43. The minimum Gasteiger partial charge on any atom is -0.389 e. The van der Waals surface area contributed by atoms with Gasteiger partial charge in [0, 0.05) is 23.2 Å². The zero-order valence-corrected chi connectivity index (χ0v) is 14.4. The molecule has 110 valence electrons. The molecule has 0 saturated carbocycles. The lowest BCUT2D eigenvalue weighted by atomic mass is 10.1. The number of thioether (sulfide) groups is 1. The van der Waals surface area contributed by atoms with Gasteiger partial charge in [-0.05, 0) is 43.9 Å². The average Bonchev–Trinajstić information content (AvgIpc) is 2.45. The van der Waals surface area contributed by atoms with Gasteiger partial charge >= 0.3 is 0 Å². The summed E-state index contributed by atoms with van der Waals surface area (Å²) in [6.45, 7) is 4.23. The monoisotopic (exact) mass is 316 g/mol. The molecule has 0 heterocycles. The molecule has 0 aliphatic carbocycles.